The third kappa shape index (κ3) is 3.01. The fraction of sp³-hybridized carbons (Fsp3) is 0.647. The van der Waals surface area contributed by atoms with Gasteiger partial charge in [-0.3, -0.25) is 0 Å². The van der Waals surface area contributed by atoms with Crippen LogP contribution in [0.3, 0.4) is 0 Å². The van der Waals surface area contributed by atoms with E-state index in [4.69, 9.17) is 19.9 Å². The van der Waals surface area contributed by atoms with E-state index >= 15 is 0 Å². The molecule has 0 heterocycles. The van der Waals surface area contributed by atoms with Gasteiger partial charge in [-0.2, -0.15) is 0 Å². The number of hydrogen-bond acceptors (Lipinski definition) is 4. The summed E-state index contributed by atoms with van der Waals surface area (Å²) in [6.45, 7) is 1.15. The van der Waals surface area contributed by atoms with E-state index in [2.05, 4.69) is 0 Å². The van der Waals surface area contributed by atoms with Crippen LogP contribution >= 0.6 is 0 Å². The Labute approximate surface area is 127 Å². The molecule has 0 aliphatic heterocycles. The molecule has 1 saturated carbocycles. The highest BCUT2D eigenvalue weighted by Gasteiger charge is 2.38. The molecule has 1 fully saturated rings. The second-order valence-electron chi connectivity index (χ2n) is 5.81. The van der Waals surface area contributed by atoms with Gasteiger partial charge in [0.1, 0.15) is 11.5 Å². The molecule has 21 heavy (non-hydrogen) atoms. The minimum atomic E-state index is -0.0430. The number of ether oxygens (including phenoxy) is 3. The van der Waals surface area contributed by atoms with Gasteiger partial charge < -0.3 is 19.9 Å². The Kier molecular flexibility index (Phi) is 5.48. The van der Waals surface area contributed by atoms with Gasteiger partial charge in [0.2, 0.25) is 0 Å². The molecule has 0 amide bonds. The SMILES string of the molecule is COCc1ccc(OC)c(C2(CN)CCCCC2)c1OC. The molecule has 2 N–H and O–H groups in total. The molecule has 4 heteroatoms. The van der Waals surface area contributed by atoms with Crippen molar-refractivity contribution in [2.45, 2.75) is 44.1 Å². The zero-order chi connectivity index (χ0) is 15.3. The second kappa shape index (κ2) is 7.14. The lowest BCUT2D eigenvalue weighted by atomic mass is 9.68. The second-order valence-corrected chi connectivity index (χ2v) is 5.81. The summed E-state index contributed by atoms with van der Waals surface area (Å²) in [7, 11) is 5.12. The fourth-order valence-electron chi connectivity index (χ4n) is 3.57. The molecular weight excluding hydrogens is 266 g/mol. The Morgan fingerprint density at radius 1 is 1.05 bits per heavy atom. The van der Waals surface area contributed by atoms with Crippen molar-refractivity contribution in [3.63, 3.8) is 0 Å². The fourth-order valence-corrected chi connectivity index (χ4v) is 3.57. The van der Waals surface area contributed by atoms with Crippen molar-refractivity contribution >= 4 is 0 Å². The van der Waals surface area contributed by atoms with Gasteiger partial charge in [-0.25, -0.2) is 0 Å². The lowest BCUT2D eigenvalue weighted by Crippen LogP contribution is -2.38. The molecule has 0 spiro atoms. The number of methoxy groups -OCH3 is 3. The molecule has 0 saturated heterocycles. The Morgan fingerprint density at radius 3 is 2.29 bits per heavy atom. The first-order valence-corrected chi connectivity index (χ1v) is 7.65. The smallest absolute Gasteiger partial charge is 0.131 e. The molecule has 0 radical (unpaired) electrons. The standard InChI is InChI=1S/C17H27NO3/c1-19-11-13-7-8-14(20-2)15(16(13)21-3)17(12-18)9-5-4-6-10-17/h7-8H,4-6,9-12,18H2,1-3H3. The van der Waals surface area contributed by atoms with Gasteiger partial charge in [-0.1, -0.05) is 19.3 Å². The van der Waals surface area contributed by atoms with Crippen LogP contribution in [0.2, 0.25) is 0 Å². The molecule has 1 aromatic carbocycles. The van der Waals surface area contributed by atoms with E-state index < -0.39 is 0 Å². The van der Waals surface area contributed by atoms with Crippen molar-refractivity contribution in [2.75, 3.05) is 27.9 Å². The molecule has 0 bridgehead atoms. The summed E-state index contributed by atoms with van der Waals surface area (Å²) < 4.78 is 16.7. The maximum atomic E-state index is 6.20. The van der Waals surface area contributed by atoms with Crippen LogP contribution in [-0.4, -0.2) is 27.9 Å². The molecule has 4 nitrogen and oxygen atoms in total. The van der Waals surface area contributed by atoms with Crippen LogP contribution in [-0.2, 0) is 16.8 Å². The summed E-state index contributed by atoms with van der Waals surface area (Å²) in [6, 6.07) is 4.02. The Hall–Kier alpha value is -1.26. The van der Waals surface area contributed by atoms with Crippen molar-refractivity contribution in [3.8, 4) is 11.5 Å². The molecular formula is C17H27NO3. The average molecular weight is 293 g/mol. The maximum absolute atomic E-state index is 6.20. The topological polar surface area (TPSA) is 53.7 Å². The van der Waals surface area contributed by atoms with Crippen molar-refractivity contribution in [1.82, 2.24) is 0 Å². The van der Waals surface area contributed by atoms with Gasteiger partial charge in [-0.15, -0.1) is 0 Å². The van der Waals surface area contributed by atoms with E-state index in [1.165, 1.54) is 19.3 Å². The third-order valence-corrected chi connectivity index (χ3v) is 4.66. The van der Waals surface area contributed by atoms with Crippen LogP contribution in [0.4, 0.5) is 0 Å². The van der Waals surface area contributed by atoms with Crippen LogP contribution in [0.15, 0.2) is 12.1 Å². The summed E-state index contributed by atoms with van der Waals surface area (Å²) in [5.41, 5.74) is 8.34. The van der Waals surface area contributed by atoms with Gasteiger partial charge in [-0.05, 0) is 25.0 Å². The lowest BCUT2D eigenvalue weighted by Gasteiger charge is -2.39. The van der Waals surface area contributed by atoms with Crippen molar-refractivity contribution in [3.05, 3.63) is 23.3 Å². The molecule has 1 aliphatic rings. The number of benzene rings is 1. The first-order valence-electron chi connectivity index (χ1n) is 7.65. The zero-order valence-electron chi connectivity index (χ0n) is 13.4. The van der Waals surface area contributed by atoms with Crippen LogP contribution in [0.25, 0.3) is 0 Å². The van der Waals surface area contributed by atoms with Gasteiger partial charge in [0, 0.05) is 30.2 Å². The summed E-state index contributed by atoms with van der Waals surface area (Å²) in [6.07, 6.45) is 5.87. The molecule has 0 aromatic heterocycles. The van der Waals surface area contributed by atoms with Crippen LogP contribution in [0, 0.1) is 0 Å². The molecule has 2 rings (SSSR count). The van der Waals surface area contributed by atoms with Crippen molar-refractivity contribution in [1.29, 1.82) is 0 Å². The quantitative estimate of drug-likeness (QED) is 0.876. The summed E-state index contributed by atoms with van der Waals surface area (Å²) in [5, 5.41) is 0. The van der Waals surface area contributed by atoms with E-state index in [9.17, 15) is 0 Å². The number of nitrogens with two attached hydrogens (primary N) is 1. The van der Waals surface area contributed by atoms with Crippen molar-refractivity contribution in [2.24, 2.45) is 5.73 Å². The lowest BCUT2D eigenvalue weighted by molar-refractivity contribution is 0.180. The number of rotatable bonds is 6. The van der Waals surface area contributed by atoms with E-state index in [1.54, 1.807) is 21.3 Å². The van der Waals surface area contributed by atoms with E-state index in [0.717, 1.165) is 35.5 Å². The van der Waals surface area contributed by atoms with Crippen LogP contribution in [0.1, 0.15) is 43.2 Å². The molecule has 0 unspecified atom stereocenters. The highest BCUT2D eigenvalue weighted by atomic mass is 16.5. The van der Waals surface area contributed by atoms with Crippen LogP contribution < -0.4 is 15.2 Å². The minimum Gasteiger partial charge on any atom is -0.496 e. The Bertz CT molecular complexity index is 467. The third-order valence-electron chi connectivity index (χ3n) is 4.66. The van der Waals surface area contributed by atoms with Gasteiger partial charge in [0.15, 0.2) is 0 Å². The monoisotopic (exact) mass is 293 g/mol. The van der Waals surface area contributed by atoms with Gasteiger partial charge in [0.25, 0.3) is 0 Å². The van der Waals surface area contributed by atoms with Gasteiger partial charge in [0.05, 0.1) is 20.8 Å². The highest BCUT2D eigenvalue weighted by molar-refractivity contribution is 5.54. The van der Waals surface area contributed by atoms with E-state index in [1.807, 2.05) is 12.1 Å². The summed E-state index contributed by atoms with van der Waals surface area (Å²) >= 11 is 0. The molecule has 1 aromatic rings. The average Bonchev–Trinajstić information content (AvgIpc) is 2.55. The van der Waals surface area contributed by atoms with Gasteiger partial charge >= 0.3 is 0 Å². The van der Waals surface area contributed by atoms with Crippen molar-refractivity contribution < 1.29 is 14.2 Å². The summed E-state index contributed by atoms with van der Waals surface area (Å²) in [5.74, 6) is 1.75. The first-order chi connectivity index (χ1) is 10.2. The minimum absolute atomic E-state index is 0.0430. The summed E-state index contributed by atoms with van der Waals surface area (Å²) in [4.78, 5) is 0. The Morgan fingerprint density at radius 2 is 1.76 bits per heavy atom. The molecule has 1 aliphatic carbocycles. The largest absolute Gasteiger partial charge is 0.496 e. The molecule has 0 atom stereocenters. The zero-order valence-corrected chi connectivity index (χ0v) is 13.4. The van der Waals surface area contributed by atoms with Crippen LogP contribution in [0.5, 0.6) is 11.5 Å². The molecule has 118 valence electrons. The predicted octanol–water partition coefficient (Wildman–Crippen LogP) is 3.01. The number of hydrogen-bond donors (Lipinski definition) is 1. The van der Waals surface area contributed by atoms with E-state index in [0.29, 0.717) is 13.2 Å². The van der Waals surface area contributed by atoms with E-state index in [-0.39, 0.29) is 5.41 Å². The Balaban J connectivity index is 2.59. The maximum Gasteiger partial charge on any atom is 0.131 e. The first kappa shape index (κ1) is 16.1. The predicted molar refractivity (Wildman–Crippen MR) is 84.1 cm³/mol. The normalized spacial score (nSPS) is 17.5. The highest BCUT2D eigenvalue weighted by Crippen LogP contribution is 2.48.